The van der Waals surface area contributed by atoms with Crippen LogP contribution in [0.1, 0.15) is 16.6 Å². The second kappa shape index (κ2) is 9.54. The van der Waals surface area contributed by atoms with Crippen LogP contribution < -0.4 is 24.3 Å². The average molecular weight is 434 g/mol. The van der Waals surface area contributed by atoms with E-state index in [1.165, 1.54) is 5.56 Å². The molecule has 0 atom stereocenters. The highest BCUT2D eigenvalue weighted by Crippen LogP contribution is 2.46. The van der Waals surface area contributed by atoms with Crippen molar-refractivity contribution in [2.75, 3.05) is 43.8 Å². The standard InChI is InChI=1S/C21H23NO5S2/c1-24-18-11-14(21-28-9-10-29-21)3-5-16(18)27-13-20(23)22-15-4-6-17-19(12-15)26-8-2-7-25-17/h3-6,11-12,21H,2,7-10,13H2,1H3,(H,22,23). The SMILES string of the molecule is COc1cc(C2SCCS2)ccc1OCC(=O)Nc1ccc2c(c1)OCCCO2. The first-order chi connectivity index (χ1) is 14.2. The van der Waals surface area contributed by atoms with Crippen LogP contribution in [0.5, 0.6) is 23.0 Å². The Morgan fingerprint density at radius 3 is 2.66 bits per heavy atom. The lowest BCUT2D eigenvalue weighted by atomic mass is 10.2. The number of hydrogen-bond acceptors (Lipinski definition) is 7. The Balaban J connectivity index is 1.36. The van der Waals surface area contributed by atoms with Gasteiger partial charge in [-0.25, -0.2) is 0 Å². The number of hydrogen-bond donors (Lipinski definition) is 1. The smallest absolute Gasteiger partial charge is 0.262 e. The molecule has 0 bridgehead atoms. The molecule has 2 heterocycles. The molecule has 2 aromatic rings. The number of nitrogens with one attached hydrogen (secondary N) is 1. The van der Waals surface area contributed by atoms with Crippen molar-refractivity contribution in [3.05, 3.63) is 42.0 Å². The summed E-state index contributed by atoms with van der Waals surface area (Å²) in [6, 6.07) is 11.3. The highest BCUT2D eigenvalue weighted by Gasteiger charge is 2.20. The van der Waals surface area contributed by atoms with Crippen molar-refractivity contribution in [3.8, 4) is 23.0 Å². The number of ether oxygens (including phenoxy) is 4. The molecule has 2 aliphatic rings. The van der Waals surface area contributed by atoms with E-state index in [2.05, 4.69) is 5.32 Å². The Morgan fingerprint density at radius 2 is 1.86 bits per heavy atom. The zero-order valence-electron chi connectivity index (χ0n) is 16.1. The highest BCUT2D eigenvalue weighted by atomic mass is 32.2. The second-order valence-electron chi connectivity index (χ2n) is 6.53. The zero-order chi connectivity index (χ0) is 20.1. The van der Waals surface area contributed by atoms with Gasteiger partial charge in [0, 0.05) is 29.7 Å². The van der Waals surface area contributed by atoms with Crippen molar-refractivity contribution < 1.29 is 23.7 Å². The summed E-state index contributed by atoms with van der Waals surface area (Å²) < 4.78 is 22.9. The number of benzene rings is 2. The van der Waals surface area contributed by atoms with Gasteiger partial charge in [0.15, 0.2) is 29.6 Å². The van der Waals surface area contributed by atoms with Crippen LogP contribution in [0.15, 0.2) is 36.4 Å². The quantitative estimate of drug-likeness (QED) is 0.726. The first-order valence-corrected chi connectivity index (χ1v) is 11.6. The topological polar surface area (TPSA) is 66.0 Å². The van der Waals surface area contributed by atoms with E-state index in [1.807, 2.05) is 41.7 Å². The largest absolute Gasteiger partial charge is 0.493 e. The van der Waals surface area contributed by atoms with Crippen molar-refractivity contribution in [1.82, 2.24) is 0 Å². The third kappa shape index (κ3) is 5.05. The monoisotopic (exact) mass is 433 g/mol. The molecular formula is C21H23NO5S2. The van der Waals surface area contributed by atoms with E-state index in [9.17, 15) is 4.79 Å². The van der Waals surface area contributed by atoms with Gasteiger partial charge in [-0.05, 0) is 29.8 Å². The van der Waals surface area contributed by atoms with Crippen LogP contribution in [-0.2, 0) is 4.79 Å². The van der Waals surface area contributed by atoms with Gasteiger partial charge < -0.3 is 24.3 Å². The summed E-state index contributed by atoms with van der Waals surface area (Å²) in [5.41, 5.74) is 1.85. The molecule has 1 fully saturated rings. The summed E-state index contributed by atoms with van der Waals surface area (Å²) in [5.74, 6) is 4.59. The minimum absolute atomic E-state index is 0.114. The molecule has 0 aliphatic carbocycles. The van der Waals surface area contributed by atoms with Crippen LogP contribution >= 0.6 is 23.5 Å². The van der Waals surface area contributed by atoms with Gasteiger partial charge in [0.05, 0.1) is 24.9 Å². The van der Waals surface area contributed by atoms with Crippen molar-refractivity contribution in [3.63, 3.8) is 0 Å². The molecule has 1 saturated heterocycles. The predicted octanol–water partition coefficient (Wildman–Crippen LogP) is 4.35. The molecule has 0 spiro atoms. The minimum Gasteiger partial charge on any atom is -0.493 e. The zero-order valence-corrected chi connectivity index (χ0v) is 17.8. The fourth-order valence-electron chi connectivity index (χ4n) is 3.08. The van der Waals surface area contributed by atoms with Crippen molar-refractivity contribution in [1.29, 1.82) is 0 Å². The van der Waals surface area contributed by atoms with Crippen LogP contribution in [0.2, 0.25) is 0 Å². The molecular weight excluding hydrogens is 410 g/mol. The molecule has 1 amide bonds. The van der Waals surface area contributed by atoms with Crippen molar-refractivity contribution in [2.24, 2.45) is 0 Å². The Kier molecular flexibility index (Phi) is 6.61. The normalized spacial score (nSPS) is 16.2. The number of methoxy groups -OCH3 is 1. The Hall–Kier alpha value is -2.19. The summed E-state index contributed by atoms with van der Waals surface area (Å²) in [6.07, 6.45) is 0.836. The molecule has 29 heavy (non-hydrogen) atoms. The molecule has 0 unspecified atom stereocenters. The van der Waals surface area contributed by atoms with E-state index in [1.54, 1.807) is 25.3 Å². The Morgan fingerprint density at radius 1 is 1.07 bits per heavy atom. The minimum atomic E-state index is -0.257. The number of anilines is 1. The van der Waals surface area contributed by atoms with E-state index in [0.29, 0.717) is 46.5 Å². The number of carbonyl (C=O) groups is 1. The number of thioether (sulfide) groups is 2. The number of fused-ring (bicyclic) bond motifs is 1. The molecule has 4 rings (SSSR count). The summed E-state index contributed by atoms with van der Waals surface area (Å²) >= 11 is 3.87. The third-order valence-electron chi connectivity index (χ3n) is 4.47. The Bertz CT molecular complexity index is 870. The van der Waals surface area contributed by atoms with Gasteiger partial charge in [-0.2, -0.15) is 0 Å². The van der Waals surface area contributed by atoms with E-state index < -0.39 is 0 Å². The molecule has 0 aromatic heterocycles. The highest BCUT2D eigenvalue weighted by molar-refractivity contribution is 8.19. The number of rotatable bonds is 6. The van der Waals surface area contributed by atoms with Crippen LogP contribution in [0, 0.1) is 0 Å². The van der Waals surface area contributed by atoms with Gasteiger partial charge in [-0.15, -0.1) is 23.5 Å². The fraction of sp³-hybridized carbons (Fsp3) is 0.381. The van der Waals surface area contributed by atoms with Gasteiger partial charge >= 0.3 is 0 Å². The van der Waals surface area contributed by atoms with Crippen LogP contribution in [0.4, 0.5) is 5.69 Å². The van der Waals surface area contributed by atoms with Crippen molar-refractivity contribution in [2.45, 2.75) is 11.0 Å². The molecule has 6 nitrogen and oxygen atoms in total. The van der Waals surface area contributed by atoms with Gasteiger partial charge in [0.1, 0.15) is 0 Å². The van der Waals surface area contributed by atoms with Gasteiger partial charge in [0.25, 0.3) is 5.91 Å². The van der Waals surface area contributed by atoms with Crippen LogP contribution in [0.25, 0.3) is 0 Å². The predicted molar refractivity (Wildman–Crippen MR) is 117 cm³/mol. The van der Waals surface area contributed by atoms with Gasteiger partial charge in [0.2, 0.25) is 0 Å². The van der Waals surface area contributed by atoms with E-state index in [0.717, 1.165) is 17.9 Å². The van der Waals surface area contributed by atoms with Crippen LogP contribution in [0.3, 0.4) is 0 Å². The third-order valence-corrected chi connectivity index (χ3v) is 7.58. The summed E-state index contributed by atoms with van der Waals surface area (Å²) in [4.78, 5) is 12.3. The maximum atomic E-state index is 12.3. The van der Waals surface area contributed by atoms with E-state index in [4.69, 9.17) is 18.9 Å². The maximum Gasteiger partial charge on any atom is 0.262 e. The molecule has 0 radical (unpaired) electrons. The molecule has 154 valence electrons. The molecule has 2 aromatic carbocycles. The lowest BCUT2D eigenvalue weighted by Crippen LogP contribution is -2.20. The lowest BCUT2D eigenvalue weighted by Gasteiger charge is -2.15. The number of carbonyl (C=O) groups excluding carboxylic acids is 1. The summed E-state index contributed by atoms with van der Waals surface area (Å²) in [7, 11) is 1.61. The van der Waals surface area contributed by atoms with E-state index in [-0.39, 0.29) is 12.5 Å². The fourth-order valence-corrected chi connectivity index (χ4v) is 5.92. The Labute approximate surface area is 178 Å². The summed E-state index contributed by atoms with van der Waals surface area (Å²) in [5, 5.41) is 2.83. The van der Waals surface area contributed by atoms with Crippen LogP contribution in [-0.4, -0.2) is 44.3 Å². The lowest BCUT2D eigenvalue weighted by molar-refractivity contribution is -0.118. The second-order valence-corrected chi connectivity index (χ2v) is 9.26. The first kappa shape index (κ1) is 20.1. The van der Waals surface area contributed by atoms with Gasteiger partial charge in [-0.1, -0.05) is 6.07 Å². The van der Waals surface area contributed by atoms with Gasteiger partial charge in [-0.3, -0.25) is 4.79 Å². The van der Waals surface area contributed by atoms with Crippen molar-refractivity contribution >= 4 is 35.1 Å². The average Bonchev–Trinajstić information content (AvgIpc) is 3.18. The molecule has 1 N–H and O–H groups in total. The molecule has 8 heteroatoms. The number of amides is 1. The van der Waals surface area contributed by atoms with E-state index >= 15 is 0 Å². The first-order valence-electron chi connectivity index (χ1n) is 9.46. The molecule has 0 saturated carbocycles. The summed E-state index contributed by atoms with van der Waals surface area (Å²) in [6.45, 7) is 1.11. The molecule has 2 aliphatic heterocycles. The maximum absolute atomic E-state index is 12.3.